The highest BCUT2D eigenvalue weighted by atomic mass is 35.5. The molecule has 3 heterocycles. The quantitative estimate of drug-likeness (QED) is 0.0310. The molecule has 0 aliphatic heterocycles. The lowest BCUT2D eigenvalue weighted by Crippen LogP contribution is -2.14. The number of pyridine rings is 2. The lowest BCUT2D eigenvalue weighted by Gasteiger charge is -2.12. The van der Waals surface area contributed by atoms with Crippen LogP contribution in [0.3, 0.4) is 0 Å². The van der Waals surface area contributed by atoms with Crippen molar-refractivity contribution >= 4 is 72.7 Å². The standard InChI is InChI=1S/C11H8Cl2N4O4.C10H8Cl2N2O.C6H15O3P/c1-6(18)20-5-10(19)21-9(4-16-17-14)7-2-8(12)11(13)15-3-7;1-2-9-13-5-8(15-9)6-3-7(11)10(12)14-4-6;1-4-7-10(8-5-2)9-6-3/h2-4H,5H2,1H3;3-5H,2H2,1H3;4-6H2,1-3H3/b9-4+;;. The Balaban J connectivity index is 0.000000369. The topological polar surface area (TPSA) is 181 Å². The Kier molecular flexibility index (Phi) is 20.8. The maximum absolute atomic E-state index is 11.5. The summed E-state index contributed by atoms with van der Waals surface area (Å²) in [5.41, 5.74) is 9.34. The first-order chi connectivity index (χ1) is 22.0. The van der Waals surface area contributed by atoms with E-state index in [9.17, 15) is 9.59 Å². The molecule has 0 atom stereocenters. The lowest BCUT2D eigenvalue weighted by molar-refractivity contribution is -0.153. The number of esters is 2. The third kappa shape index (κ3) is 16.0. The highest BCUT2D eigenvalue weighted by Gasteiger charge is 2.13. The van der Waals surface area contributed by atoms with E-state index in [4.69, 9.17) is 74.7 Å². The van der Waals surface area contributed by atoms with Gasteiger partial charge < -0.3 is 27.5 Å². The molecule has 0 aromatic carbocycles. The van der Waals surface area contributed by atoms with Gasteiger partial charge in [0.05, 0.1) is 36.1 Å². The Morgan fingerprint density at radius 1 is 0.935 bits per heavy atom. The van der Waals surface area contributed by atoms with Crippen LogP contribution in [-0.2, 0) is 39.1 Å². The molecule has 3 rings (SSSR count). The number of rotatable bonds is 13. The molecule has 0 bridgehead atoms. The number of oxazole rings is 1. The van der Waals surface area contributed by atoms with Crippen molar-refractivity contribution in [2.75, 3.05) is 26.4 Å². The van der Waals surface area contributed by atoms with Gasteiger partial charge in [0, 0.05) is 48.0 Å². The summed E-state index contributed by atoms with van der Waals surface area (Å²) in [7, 11) is -1.06. The number of aromatic nitrogens is 3. The van der Waals surface area contributed by atoms with Gasteiger partial charge in [-0.2, -0.15) is 0 Å². The fourth-order valence-electron chi connectivity index (χ4n) is 2.70. The van der Waals surface area contributed by atoms with E-state index in [0.717, 1.165) is 25.1 Å². The van der Waals surface area contributed by atoms with Crippen molar-refractivity contribution in [1.82, 2.24) is 15.0 Å². The monoisotopic (exact) mass is 738 g/mol. The minimum atomic E-state index is -1.06. The van der Waals surface area contributed by atoms with Crippen molar-refractivity contribution in [3.05, 3.63) is 79.2 Å². The third-order valence-electron chi connectivity index (χ3n) is 4.56. The summed E-state index contributed by atoms with van der Waals surface area (Å²) in [6.07, 6.45) is 6.24. The van der Waals surface area contributed by atoms with Gasteiger partial charge in [-0.15, -0.1) is 0 Å². The number of ether oxygens (including phenoxy) is 2. The van der Waals surface area contributed by atoms with Crippen LogP contribution in [0, 0.1) is 0 Å². The van der Waals surface area contributed by atoms with Gasteiger partial charge in [-0.3, -0.25) is 4.79 Å². The number of halogens is 4. The molecule has 0 aliphatic carbocycles. The second-order valence-corrected chi connectivity index (χ2v) is 10.6. The smallest absolute Gasteiger partial charge is 0.349 e. The molecule has 0 aliphatic rings. The van der Waals surface area contributed by atoms with E-state index < -0.39 is 27.1 Å². The average Bonchev–Trinajstić information content (AvgIpc) is 3.52. The van der Waals surface area contributed by atoms with E-state index in [0.29, 0.717) is 36.5 Å². The molecule has 0 N–H and O–H groups in total. The lowest BCUT2D eigenvalue weighted by atomic mass is 10.2. The van der Waals surface area contributed by atoms with Gasteiger partial charge in [0.15, 0.2) is 18.3 Å². The van der Waals surface area contributed by atoms with Crippen molar-refractivity contribution in [2.45, 2.75) is 41.0 Å². The van der Waals surface area contributed by atoms with E-state index in [-0.39, 0.29) is 26.7 Å². The molecule has 46 heavy (non-hydrogen) atoms. The summed E-state index contributed by atoms with van der Waals surface area (Å²) in [5, 5.41) is 4.06. The van der Waals surface area contributed by atoms with E-state index in [1.807, 2.05) is 27.7 Å². The molecule has 250 valence electrons. The second-order valence-electron chi connectivity index (χ2n) is 7.89. The first-order valence-corrected chi connectivity index (χ1v) is 15.9. The summed E-state index contributed by atoms with van der Waals surface area (Å²) < 4.78 is 30.3. The average molecular weight is 740 g/mol. The predicted molar refractivity (Wildman–Crippen MR) is 175 cm³/mol. The maximum atomic E-state index is 11.5. The van der Waals surface area contributed by atoms with Crippen molar-refractivity contribution < 1.29 is 37.1 Å². The molecular weight excluding hydrogens is 709 g/mol. The Bertz CT molecular complexity index is 1480. The first-order valence-electron chi connectivity index (χ1n) is 13.3. The van der Waals surface area contributed by atoms with Crippen LogP contribution in [0.1, 0.15) is 46.1 Å². The molecule has 19 heteroatoms. The normalized spacial score (nSPS) is 10.6. The third-order valence-corrected chi connectivity index (χ3v) is 7.34. The van der Waals surface area contributed by atoms with Crippen LogP contribution >= 0.6 is 55.0 Å². The van der Waals surface area contributed by atoms with Gasteiger partial charge in [-0.25, -0.2) is 19.7 Å². The van der Waals surface area contributed by atoms with E-state index in [1.165, 1.54) is 12.3 Å². The molecule has 0 radical (unpaired) electrons. The van der Waals surface area contributed by atoms with Gasteiger partial charge in [0.25, 0.3) is 0 Å². The van der Waals surface area contributed by atoms with E-state index >= 15 is 0 Å². The molecule has 14 nitrogen and oxygen atoms in total. The first kappa shape index (κ1) is 41.0. The number of hydrogen-bond donors (Lipinski definition) is 0. The van der Waals surface area contributed by atoms with Crippen LogP contribution in [0.5, 0.6) is 0 Å². The number of nitrogens with zero attached hydrogens (tertiary/aromatic N) is 6. The summed E-state index contributed by atoms with van der Waals surface area (Å²) in [5.74, 6) is -0.274. The summed E-state index contributed by atoms with van der Waals surface area (Å²) in [6, 6.07) is 3.07. The highest BCUT2D eigenvalue weighted by Crippen LogP contribution is 2.38. The number of carbonyl (C=O) groups excluding carboxylic acids is 2. The second kappa shape index (κ2) is 23.3. The van der Waals surface area contributed by atoms with Crippen LogP contribution in [0.25, 0.3) is 27.5 Å². The van der Waals surface area contributed by atoms with Gasteiger partial charge in [-0.05, 0) is 38.4 Å². The Morgan fingerprint density at radius 3 is 2.00 bits per heavy atom. The fraction of sp³-hybridized carbons (Fsp3) is 0.370. The van der Waals surface area contributed by atoms with Crippen LogP contribution in [0.4, 0.5) is 0 Å². The minimum Gasteiger partial charge on any atom is -0.454 e. The number of carbonyl (C=O) groups is 2. The van der Waals surface area contributed by atoms with Crippen molar-refractivity contribution in [1.29, 1.82) is 0 Å². The van der Waals surface area contributed by atoms with E-state index in [2.05, 4.69) is 29.7 Å². The zero-order valence-corrected chi connectivity index (χ0v) is 29.3. The summed E-state index contributed by atoms with van der Waals surface area (Å²) in [4.78, 5) is 36.4. The van der Waals surface area contributed by atoms with Crippen LogP contribution < -0.4 is 0 Å². The molecule has 0 fully saturated rings. The molecule has 3 aromatic heterocycles. The molecule has 0 unspecified atom stereocenters. The Labute approximate surface area is 286 Å². The molecular formula is C27H31Cl4N6O8P. The largest absolute Gasteiger partial charge is 0.454 e. The summed E-state index contributed by atoms with van der Waals surface area (Å²) in [6.45, 7) is 10.2. The predicted octanol–water partition coefficient (Wildman–Crippen LogP) is 9.03. The molecule has 3 aromatic rings. The Morgan fingerprint density at radius 2 is 1.52 bits per heavy atom. The molecule has 0 saturated heterocycles. The van der Waals surface area contributed by atoms with Crippen LogP contribution in [0.15, 0.2) is 46.5 Å². The van der Waals surface area contributed by atoms with Gasteiger partial charge in [0.1, 0.15) is 16.1 Å². The number of hydrogen-bond acceptors (Lipinski definition) is 12. The van der Waals surface area contributed by atoms with Crippen LogP contribution in [0.2, 0.25) is 20.4 Å². The number of azide groups is 1. The summed E-state index contributed by atoms with van der Waals surface area (Å²) >= 11 is 23.0. The zero-order valence-electron chi connectivity index (χ0n) is 25.4. The van der Waals surface area contributed by atoms with Gasteiger partial charge >= 0.3 is 20.5 Å². The molecule has 0 saturated carbocycles. The van der Waals surface area contributed by atoms with Gasteiger partial charge in [0.2, 0.25) is 0 Å². The minimum absolute atomic E-state index is 0.0646. The van der Waals surface area contributed by atoms with E-state index in [1.54, 1.807) is 18.5 Å². The number of aryl methyl sites for hydroxylation is 1. The van der Waals surface area contributed by atoms with Crippen molar-refractivity contribution in [3.8, 4) is 11.3 Å². The Hall–Kier alpha value is -3.03. The van der Waals surface area contributed by atoms with Crippen molar-refractivity contribution in [3.63, 3.8) is 0 Å². The molecule has 0 amide bonds. The molecule has 0 spiro atoms. The zero-order chi connectivity index (χ0) is 34.5. The van der Waals surface area contributed by atoms with Gasteiger partial charge in [-0.1, -0.05) is 58.4 Å². The SMILES string of the molecule is CC(=O)OCC(=O)O/C(=C/N=[N+]=[N-])c1cnc(Cl)c(Cl)c1.CCOP(OCC)OCC.CCc1ncc(-c2cnc(Cl)c(Cl)c2)o1. The highest BCUT2D eigenvalue weighted by molar-refractivity contribution is 7.41. The fourth-order valence-corrected chi connectivity index (χ4v) is 4.09. The van der Waals surface area contributed by atoms with Crippen molar-refractivity contribution in [2.24, 2.45) is 5.11 Å². The van der Waals surface area contributed by atoms with Crippen LogP contribution in [-0.4, -0.2) is 53.3 Å². The maximum Gasteiger partial charge on any atom is 0.349 e.